The maximum absolute atomic E-state index is 2.61. The molecule has 0 heterocycles. The fourth-order valence-corrected chi connectivity index (χ4v) is 15.7. The van der Waals surface area contributed by atoms with Crippen LogP contribution in [0.5, 0.6) is 0 Å². The summed E-state index contributed by atoms with van der Waals surface area (Å²) < 4.78 is 2.50. The molecule has 1 unspecified atom stereocenters. The first-order valence-corrected chi connectivity index (χ1v) is 14.9. The van der Waals surface area contributed by atoms with Crippen LogP contribution in [0.2, 0.25) is 0 Å². The first-order valence-electron chi connectivity index (χ1n) is 10.9. The molecule has 1 atom stereocenters. The van der Waals surface area contributed by atoms with Gasteiger partial charge in [-0.2, -0.15) is 0 Å². The SMILES string of the molecule is CC1=C(C)C(C)(C)[C]([Zr+2][CH]2C(P(C(C)(C)C)C(C)(C)C)=Cc3ccccc32)=C1C.[Cl-].[Cl-]. The zero-order valence-corrected chi connectivity index (χ0v) is 26.0. The molecule has 0 amide bonds. The number of allylic oxidation sites excluding steroid dienone is 5. The number of rotatable bonds is 3. The Morgan fingerprint density at radius 3 is 1.81 bits per heavy atom. The van der Waals surface area contributed by atoms with E-state index in [1.807, 2.05) is 3.28 Å². The van der Waals surface area contributed by atoms with E-state index in [1.54, 1.807) is 27.6 Å². The summed E-state index contributed by atoms with van der Waals surface area (Å²) in [7, 11) is -0.250. The molecule has 0 aromatic heterocycles. The molecule has 0 bridgehead atoms. The molecule has 0 aliphatic heterocycles. The Kier molecular flexibility index (Phi) is 9.38. The second-order valence-corrected chi connectivity index (χ2v) is 18.6. The summed E-state index contributed by atoms with van der Waals surface area (Å²) in [6, 6.07) is 9.25. The third-order valence-corrected chi connectivity index (χ3v) is 16.4. The molecule has 0 spiro atoms. The molecule has 0 saturated heterocycles. The second kappa shape index (κ2) is 9.90. The summed E-state index contributed by atoms with van der Waals surface area (Å²) >= 11 is -0.846. The van der Waals surface area contributed by atoms with Gasteiger partial charge >= 0.3 is 193 Å². The van der Waals surface area contributed by atoms with Gasteiger partial charge in [0.1, 0.15) is 0 Å². The van der Waals surface area contributed by atoms with E-state index in [1.165, 1.54) is 5.56 Å². The van der Waals surface area contributed by atoms with Gasteiger partial charge < -0.3 is 24.8 Å². The number of hydrogen-bond acceptors (Lipinski definition) is 0. The quantitative estimate of drug-likeness (QED) is 0.503. The smallest absolute Gasteiger partial charge is 1.00 e. The van der Waals surface area contributed by atoms with Crippen LogP contribution in [-0.4, -0.2) is 10.3 Å². The van der Waals surface area contributed by atoms with Gasteiger partial charge in [-0.25, -0.2) is 0 Å². The van der Waals surface area contributed by atoms with Gasteiger partial charge in [0, 0.05) is 0 Å². The van der Waals surface area contributed by atoms with Crippen molar-refractivity contribution >= 4 is 14.0 Å². The molecule has 4 heteroatoms. The van der Waals surface area contributed by atoms with Crippen molar-refractivity contribution in [2.45, 2.75) is 90.1 Å². The molecule has 0 fully saturated rings. The van der Waals surface area contributed by atoms with Crippen LogP contribution in [0.1, 0.15) is 90.9 Å². The molecule has 0 radical (unpaired) electrons. The molecular weight excluding hydrogens is 517 g/mol. The third-order valence-electron chi connectivity index (χ3n) is 6.86. The van der Waals surface area contributed by atoms with Crippen molar-refractivity contribution in [3.63, 3.8) is 0 Å². The van der Waals surface area contributed by atoms with Crippen LogP contribution in [0, 0.1) is 5.41 Å². The average molecular weight is 557 g/mol. The van der Waals surface area contributed by atoms with E-state index < -0.39 is 23.2 Å². The van der Waals surface area contributed by atoms with Crippen molar-refractivity contribution in [1.29, 1.82) is 0 Å². The van der Waals surface area contributed by atoms with Crippen molar-refractivity contribution in [3.05, 3.63) is 60.7 Å². The molecule has 2 aliphatic rings. The monoisotopic (exact) mass is 554 g/mol. The zero-order chi connectivity index (χ0) is 21.9. The molecule has 0 N–H and O–H groups in total. The average Bonchev–Trinajstić information content (AvgIpc) is 2.98. The molecule has 1 aromatic rings. The Hall–Kier alpha value is 0.333. The van der Waals surface area contributed by atoms with Crippen molar-refractivity contribution < 1.29 is 48.0 Å². The maximum Gasteiger partial charge on any atom is -1.00 e. The second-order valence-electron chi connectivity index (χ2n) is 11.3. The summed E-state index contributed by atoms with van der Waals surface area (Å²) in [5.41, 5.74) is 8.11. The van der Waals surface area contributed by atoms with Gasteiger partial charge in [0.25, 0.3) is 0 Å². The zero-order valence-electron chi connectivity index (χ0n) is 21.2. The minimum atomic E-state index is -0.846. The summed E-state index contributed by atoms with van der Waals surface area (Å²) in [6.07, 6.45) is 2.61. The van der Waals surface area contributed by atoms with Crippen LogP contribution in [0.3, 0.4) is 0 Å². The first kappa shape index (κ1) is 29.4. The Morgan fingerprint density at radius 2 is 1.35 bits per heavy atom. The van der Waals surface area contributed by atoms with Crippen LogP contribution in [0.4, 0.5) is 0 Å². The third kappa shape index (κ3) is 5.37. The topological polar surface area (TPSA) is 0 Å². The van der Waals surface area contributed by atoms with E-state index in [-0.39, 0.29) is 38.2 Å². The van der Waals surface area contributed by atoms with Gasteiger partial charge in [0.2, 0.25) is 0 Å². The van der Waals surface area contributed by atoms with Crippen molar-refractivity contribution in [1.82, 2.24) is 0 Å². The van der Waals surface area contributed by atoms with Crippen molar-refractivity contribution in [2.24, 2.45) is 5.41 Å². The summed E-state index contributed by atoms with van der Waals surface area (Å²) in [5, 5.41) is 2.42. The van der Waals surface area contributed by atoms with Crippen LogP contribution in [0.25, 0.3) is 6.08 Å². The summed E-state index contributed by atoms with van der Waals surface area (Å²) in [4.78, 5) is 0. The molecule has 0 saturated carbocycles. The van der Waals surface area contributed by atoms with Gasteiger partial charge in [-0.1, -0.05) is 0 Å². The maximum atomic E-state index is 2.61. The van der Waals surface area contributed by atoms with E-state index >= 15 is 0 Å². The molecule has 31 heavy (non-hydrogen) atoms. The van der Waals surface area contributed by atoms with Gasteiger partial charge in [0.05, 0.1) is 0 Å². The van der Waals surface area contributed by atoms with E-state index in [0.717, 1.165) is 0 Å². The Labute approximate surface area is 217 Å². The van der Waals surface area contributed by atoms with Crippen molar-refractivity contribution in [2.75, 3.05) is 0 Å². The standard InChI is InChI=1S/C17H24P.C10H15.2ClH.Zr/c1-16(2,3)18(17(4,5)6)15-11-13-9-7-8-10-14(13)12-15;1-7-6-10(4,5)9(3)8(7)2;;;/h7-12H,1-6H3;1-5H3;2*1H;/q;;;;+2/p-2. The Bertz CT molecular complexity index is 909. The number of hydrogen-bond donors (Lipinski definition) is 0. The summed E-state index contributed by atoms with van der Waals surface area (Å²) in [5.74, 6) is 0. The van der Waals surface area contributed by atoms with Crippen LogP contribution in [-0.2, 0) is 23.2 Å². The number of halogens is 2. The predicted octanol–water partition coefficient (Wildman–Crippen LogP) is 2.90. The van der Waals surface area contributed by atoms with Crippen LogP contribution in [0.15, 0.2) is 49.6 Å². The summed E-state index contributed by atoms with van der Waals surface area (Å²) in [6.45, 7) is 26.8. The van der Waals surface area contributed by atoms with Gasteiger partial charge in [0.15, 0.2) is 0 Å². The molecule has 1 aromatic carbocycles. The van der Waals surface area contributed by atoms with E-state index in [0.29, 0.717) is 13.9 Å². The van der Waals surface area contributed by atoms with E-state index in [4.69, 9.17) is 0 Å². The molecular formula is C27H39Cl2PZr. The van der Waals surface area contributed by atoms with E-state index in [9.17, 15) is 0 Å². The molecule has 2 aliphatic carbocycles. The Morgan fingerprint density at radius 1 is 0.839 bits per heavy atom. The fourth-order valence-electron chi connectivity index (χ4n) is 5.46. The molecule has 170 valence electrons. The minimum absolute atomic E-state index is 0. The number of fused-ring (bicyclic) bond motifs is 1. The predicted molar refractivity (Wildman–Crippen MR) is 128 cm³/mol. The van der Waals surface area contributed by atoms with Gasteiger partial charge in [-0.15, -0.1) is 0 Å². The molecule has 3 rings (SSSR count). The molecule has 0 nitrogen and oxygen atoms in total. The van der Waals surface area contributed by atoms with Gasteiger partial charge in [-0.3, -0.25) is 0 Å². The van der Waals surface area contributed by atoms with Gasteiger partial charge in [-0.05, 0) is 0 Å². The normalized spacial score (nSPS) is 20.3. The minimum Gasteiger partial charge on any atom is -1.00 e. The fraction of sp³-hybridized carbons (Fsp3) is 0.556. The van der Waals surface area contributed by atoms with Crippen LogP contribution < -0.4 is 24.8 Å². The van der Waals surface area contributed by atoms with E-state index in [2.05, 4.69) is 107 Å². The first-order chi connectivity index (χ1) is 13.2. The largest absolute Gasteiger partial charge is 1.00 e. The van der Waals surface area contributed by atoms with Crippen molar-refractivity contribution in [3.8, 4) is 0 Å². The van der Waals surface area contributed by atoms with Crippen LogP contribution >= 0.6 is 7.92 Å². The Balaban J connectivity index is 0.00000240. The number of benzene rings is 1.